The van der Waals surface area contributed by atoms with Crippen molar-refractivity contribution in [3.05, 3.63) is 54.1 Å². The van der Waals surface area contributed by atoms with Gasteiger partial charge in [-0.15, -0.1) is 0 Å². The topological polar surface area (TPSA) is 54.0 Å². The van der Waals surface area contributed by atoms with Crippen molar-refractivity contribution >= 4 is 11.2 Å². The van der Waals surface area contributed by atoms with Gasteiger partial charge < -0.3 is 18.8 Å². The zero-order valence-corrected chi connectivity index (χ0v) is 13.2. The third-order valence-electron chi connectivity index (χ3n) is 3.30. The molecule has 0 spiro atoms. The highest BCUT2D eigenvalue weighted by Gasteiger charge is 2.23. The van der Waals surface area contributed by atoms with Crippen molar-refractivity contribution < 1.29 is 18.8 Å². The predicted molar refractivity (Wildman–Crippen MR) is 84.8 cm³/mol. The lowest BCUT2D eigenvalue weighted by Crippen LogP contribution is -2.07. The molecule has 1 saturated heterocycles. The van der Waals surface area contributed by atoms with Crippen molar-refractivity contribution in [3.8, 4) is 11.5 Å². The fourth-order valence-corrected chi connectivity index (χ4v) is 2.70. The zero-order valence-electron chi connectivity index (χ0n) is 12.4. The molecular weight excluding hydrogens is 300 g/mol. The molecule has 0 amide bonds. The van der Waals surface area contributed by atoms with Gasteiger partial charge in [0.15, 0.2) is 10.6 Å². The molecule has 0 saturated carbocycles. The molecule has 1 fully saturated rings. The highest BCUT2D eigenvalue weighted by atomic mass is 32.2. The molecule has 1 unspecified atom stereocenters. The summed E-state index contributed by atoms with van der Waals surface area (Å²) in [6.45, 7) is 1.73. The quantitative estimate of drug-likeness (QED) is 0.582. The van der Waals surface area contributed by atoms with E-state index in [9.17, 15) is 4.55 Å². The first kappa shape index (κ1) is 15.2. The van der Waals surface area contributed by atoms with Gasteiger partial charge in [0.2, 0.25) is 0 Å². The molecule has 116 valence electrons. The van der Waals surface area contributed by atoms with Gasteiger partial charge in [-0.3, -0.25) is 0 Å². The lowest BCUT2D eigenvalue weighted by atomic mass is 10.2. The van der Waals surface area contributed by atoms with E-state index in [1.807, 2.05) is 42.5 Å². The Morgan fingerprint density at radius 2 is 1.95 bits per heavy atom. The molecule has 0 N–H and O–H groups in total. The van der Waals surface area contributed by atoms with Gasteiger partial charge in [-0.25, -0.2) is 0 Å². The molecule has 0 aromatic heterocycles. The Bertz CT molecular complexity index is 611. The molecular formula is C17H18O4S. The van der Waals surface area contributed by atoms with Gasteiger partial charge in [0, 0.05) is 6.07 Å². The van der Waals surface area contributed by atoms with E-state index in [0.29, 0.717) is 29.6 Å². The molecule has 2 aromatic carbocycles. The Labute approximate surface area is 133 Å². The maximum Gasteiger partial charge on any atom is 0.198 e. The lowest BCUT2D eigenvalue weighted by Gasteiger charge is -2.13. The number of ether oxygens (including phenoxy) is 3. The Morgan fingerprint density at radius 3 is 2.64 bits per heavy atom. The van der Waals surface area contributed by atoms with Gasteiger partial charge in [0.25, 0.3) is 0 Å². The lowest BCUT2D eigenvalue weighted by molar-refractivity contribution is 0.260. The van der Waals surface area contributed by atoms with Crippen molar-refractivity contribution in [3.63, 3.8) is 0 Å². The van der Waals surface area contributed by atoms with Crippen LogP contribution in [0.3, 0.4) is 0 Å². The summed E-state index contributed by atoms with van der Waals surface area (Å²) in [5.74, 6) is 1.31. The summed E-state index contributed by atoms with van der Waals surface area (Å²) in [6, 6.07) is 15.3. The van der Waals surface area contributed by atoms with Crippen LogP contribution in [0.25, 0.3) is 0 Å². The molecule has 5 heteroatoms. The molecule has 3 rings (SSSR count). The van der Waals surface area contributed by atoms with E-state index in [1.165, 1.54) is 0 Å². The van der Waals surface area contributed by atoms with Gasteiger partial charge in [-0.1, -0.05) is 30.3 Å². The third-order valence-corrected chi connectivity index (χ3v) is 4.24. The summed E-state index contributed by atoms with van der Waals surface area (Å²) in [5.41, 5.74) is 1.07. The van der Waals surface area contributed by atoms with Crippen LogP contribution in [0.1, 0.15) is 5.56 Å². The van der Waals surface area contributed by atoms with Crippen LogP contribution in [0.2, 0.25) is 0 Å². The van der Waals surface area contributed by atoms with Gasteiger partial charge in [-0.05, 0) is 28.9 Å². The SMILES string of the molecule is C[S+]([O-])c1cc(OC[C@@H]2CO2)ccc1OCc1ccccc1. The third kappa shape index (κ3) is 4.16. The van der Waals surface area contributed by atoms with Crippen molar-refractivity contribution in [1.29, 1.82) is 0 Å². The molecule has 4 nitrogen and oxygen atoms in total. The molecule has 2 aromatic rings. The van der Waals surface area contributed by atoms with E-state index >= 15 is 0 Å². The summed E-state index contributed by atoms with van der Waals surface area (Å²) in [4.78, 5) is 0.644. The Kier molecular flexibility index (Phi) is 4.87. The Hall–Kier alpha value is -1.69. The summed E-state index contributed by atoms with van der Waals surface area (Å²) < 4.78 is 28.5. The van der Waals surface area contributed by atoms with Crippen molar-refractivity contribution in [2.75, 3.05) is 19.5 Å². The van der Waals surface area contributed by atoms with Gasteiger partial charge in [0.05, 0.1) is 6.61 Å². The maximum absolute atomic E-state index is 11.9. The van der Waals surface area contributed by atoms with Crippen LogP contribution in [-0.4, -0.2) is 30.1 Å². The van der Waals surface area contributed by atoms with Gasteiger partial charge in [-0.2, -0.15) is 0 Å². The van der Waals surface area contributed by atoms with Crippen molar-refractivity contribution in [1.82, 2.24) is 0 Å². The summed E-state index contributed by atoms with van der Waals surface area (Å²) in [5, 5.41) is 0. The Morgan fingerprint density at radius 1 is 1.18 bits per heavy atom. The Balaban J connectivity index is 1.68. The zero-order chi connectivity index (χ0) is 15.4. The number of hydrogen-bond donors (Lipinski definition) is 0. The maximum atomic E-state index is 11.9. The van der Waals surface area contributed by atoms with Crippen molar-refractivity contribution in [2.45, 2.75) is 17.6 Å². The molecule has 1 aliphatic heterocycles. The second-order valence-corrected chi connectivity index (χ2v) is 6.45. The van der Waals surface area contributed by atoms with E-state index < -0.39 is 11.2 Å². The predicted octanol–water partition coefficient (Wildman–Crippen LogP) is 2.78. The highest BCUT2D eigenvalue weighted by Crippen LogP contribution is 2.29. The van der Waals surface area contributed by atoms with Crippen LogP contribution < -0.4 is 9.47 Å². The van der Waals surface area contributed by atoms with E-state index in [-0.39, 0.29) is 6.10 Å². The van der Waals surface area contributed by atoms with Crippen LogP contribution in [0.5, 0.6) is 11.5 Å². The highest BCUT2D eigenvalue weighted by molar-refractivity contribution is 7.90. The van der Waals surface area contributed by atoms with Crippen molar-refractivity contribution in [2.24, 2.45) is 0 Å². The summed E-state index contributed by atoms with van der Waals surface area (Å²) in [6.07, 6.45) is 1.84. The van der Waals surface area contributed by atoms with Crippen LogP contribution in [0.15, 0.2) is 53.4 Å². The first-order chi connectivity index (χ1) is 10.7. The first-order valence-electron chi connectivity index (χ1n) is 7.11. The smallest absolute Gasteiger partial charge is 0.198 e. The van der Waals surface area contributed by atoms with Crippen LogP contribution in [0, 0.1) is 0 Å². The van der Waals surface area contributed by atoms with Gasteiger partial charge in [0.1, 0.15) is 31.3 Å². The minimum Gasteiger partial charge on any atom is -0.612 e. The van der Waals surface area contributed by atoms with Gasteiger partial charge >= 0.3 is 0 Å². The number of hydrogen-bond acceptors (Lipinski definition) is 4. The van der Waals surface area contributed by atoms with E-state index in [2.05, 4.69) is 0 Å². The minimum atomic E-state index is -1.14. The summed E-state index contributed by atoms with van der Waals surface area (Å²) in [7, 11) is 0. The second-order valence-electron chi connectivity index (χ2n) is 5.10. The molecule has 0 radical (unpaired) electrons. The normalized spacial score (nSPS) is 17.8. The van der Waals surface area contributed by atoms with Crippen LogP contribution in [-0.2, 0) is 22.5 Å². The molecule has 1 aliphatic rings. The van der Waals surface area contributed by atoms with Crippen LogP contribution >= 0.6 is 0 Å². The fraction of sp³-hybridized carbons (Fsp3) is 0.294. The molecule has 0 aliphatic carbocycles. The van der Waals surface area contributed by atoms with Crippen LogP contribution in [0.4, 0.5) is 0 Å². The second kappa shape index (κ2) is 7.05. The van der Waals surface area contributed by atoms with E-state index in [1.54, 1.807) is 12.3 Å². The molecule has 1 heterocycles. The first-order valence-corrected chi connectivity index (χ1v) is 8.67. The number of epoxide rings is 1. The van der Waals surface area contributed by atoms with E-state index in [4.69, 9.17) is 14.2 Å². The molecule has 0 bridgehead atoms. The number of rotatable bonds is 7. The molecule has 22 heavy (non-hydrogen) atoms. The average Bonchev–Trinajstić information content (AvgIpc) is 3.36. The largest absolute Gasteiger partial charge is 0.612 e. The number of benzene rings is 2. The average molecular weight is 318 g/mol. The molecule has 2 atom stereocenters. The fourth-order valence-electron chi connectivity index (χ4n) is 2.01. The summed E-state index contributed by atoms with van der Waals surface area (Å²) >= 11 is -1.14. The minimum absolute atomic E-state index is 0.199. The monoisotopic (exact) mass is 318 g/mol. The standard InChI is InChI=1S/C17H18O4S/c1-22(18)17-9-14(19-11-15-12-20-15)7-8-16(17)21-10-13-5-3-2-4-6-13/h2-9,15H,10-12H2,1H3/t15-,22?/m1/s1. The van der Waals surface area contributed by atoms with E-state index in [0.717, 1.165) is 12.2 Å².